The minimum Gasteiger partial charge on any atom is -0.507 e. The maximum atomic E-state index is 12.6. The highest BCUT2D eigenvalue weighted by Crippen LogP contribution is 2.45. The molecule has 5 heteroatoms. The second kappa shape index (κ2) is 8.49. The van der Waals surface area contributed by atoms with E-state index in [9.17, 15) is 20.1 Å². The van der Waals surface area contributed by atoms with Crippen molar-refractivity contribution >= 4 is 17.9 Å². The molecule has 3 rings (SSSR count). The van der Waals surface area contributed by atoms with E-state index in [2.05, 4.69) is 6.08 Å². The molecular formula is C25H26O5. The van der Waals surface area contributed by atoms with Crippen molar-refractivity contribution in [1.82, 2.24) is 0 Å². The van der Waals surface area contributed by atoms with Gasteiger partial charge in [0, 0.05) is 5.56 Å². The number of benzene rings is 2. The van der Waals surface area contributed by atoms with Gasteiger partial charge in [-0.15, -0.1) is 0 Å². The summed E-state index contributed by atoms with van der Waals surface area (Å²) in [5, 5.41) is 30.9. The molecule has 156 valence electrons. The summed E-state index contributed by atoms with van der Waals surface area (Å²) >= 11 is 0. The van der Waals surface area contributed by atoms with Crippen molar-refractivity contribution in [2.24, 2.45) is 0 Å². The maximum absolute atomic E-state index is 12.6. The molecule has 0 saturated heterocycles. The van der Waals surface area contributed by atoms with Crippen LogP contribution in [0.15, 0.2) is 54.1 Å². The van der Waals surface area contributed by atoms with Crippen molar-refractivity contribution in [3.05, 3.63) is 70.8 Å². The van der Waals surface area contributed by atoms with Crippen LogP contribution in [0.2, 0.25) is 0 Å². The van der Waals surface area contributed by atoms with Gasteiger partial charge in [-0.05, 0) is 70.0 Å². The Bertz CT molecular complexity index is 1060. The topological polar surface area (TPSA) is 87.0 Å². The summed E-state index contributed by atoms with van der Waals surface area (Å²) in [6.45, 7) is 5.98. The maximum Gasteiger partial charge on any atom is 0.189 e. The molecule has 1 atom stereocenters. The van der Waals surface area contributed by atoms with E-state index in [0.717, 1.165) is 6.42 Å². The fourth-order valence-corrected chi connectivity index (χ4v) is 3.30. The number of ether oxygens (including phenoxy) is 1. The van der Waals surface area contributed by atoms with Gasteiger partial charge in [0.1, 0.15) is 17.1 Å². The van der Waals surface area contributed by atoms with E-state index in [4.69, 9.17) is 4.74 Å². The van der Waals surface area contributed by atoms with Crippen LogP contribution in [0.1, 0.15) is 55.1 Å². The number of phenolic OH excluding ortho intramolecular Hbond substituents is 3. The predicted molar refractivity (Wildman–Crippen MR) is 118 cm³/mol. The van der Waals surface area contributed by atoms with Gasteiger partial charge in [0.15, 0.2) is 17.3 Å². The molecule has 0 aliphatic carbocycles. The monoisotopic (exact) mass is 406 g/mol. The number of rotatable bonds is 6. The zero-order valence-corrected chi connectivity index (χ0v) is 17.3. The second-order valence-corrected chi connectivity index (χ2v) is 7.86. The van der Waals surface area contributed by atoms with Crippen LogP contribution in [0, 0.1) is 0 Å². The molecule has 0 amide bonds. The molecule has 0 bridgehead atoms. The lowest BCUT2D eigenvalue weighted by atomic mass is 9.92. The van der Waals surface area contributed by atoms with Crippen molar-refractivity contribution in [2.75, 3.05) is 0 Å². The number of ketones is 1. The Balaban J connectivity index is 1.87. The lowest BCUT2D eigenvalue weighted by molar-refractivity contribution is 0.104. The van der Waals surface area contributed by atoms with Gasteiger partial charge in [-0.2, -0.15) is 0 Å². The van der Waals surface area contributed by atoms with Crippen LogP contribution >= 0.6 is 0 Å². The molecular weight excluding hydrogens is 380 g/mol. The van der Waals surface area contributed by atoms with Crippen molar-refractivity contribution in [3.63, 3.8) is 0 Å². The highest BCUT2D eigenvalue weighted by molar-refractivity contribution is 6.10. The molecule has 2 aromatic rings. The van der Waals surface area contributed by atoms with Crippen LogP contribution in [-0.4, -0.2) is 26.7 Å². The number of aromatic hydroxyl groups is 3. The van der Waals surface area contributed by atoms with Gasteiger partial charge in [0.05, 0.1) is 11.1 Å². The van der Waals surface area contributed by atoms with Gasteiger partial charge in [-0.1, -0.05) is 29.8 Å². The number of para-hydroxylation sites is 1. The number of carbonyl (C=O) groups is 1. The molecule has 0 radical (unpaired) electrons. The number of hydrogen-bond acceptors (Lipinski definition) is 5. The number of carbonyl (C=O) groups excluding carboxylic acids is 1. The van der Waals surface area contributed by atoms with Crippen LogP contribution < -0.4 is 4.74 Å². The van der Waals surface area contributed by atoms with E-state index in [-0.39, 0.29) is 34.1 Å². The lowest BCUT2D eigenvalue weighted by Crippen LogP contribution is -2.31. The summed E-state index contributed by atoms with van der Waals surface area (Å²) in [7, 11) is 0. The Morgan fingerprint density at radius 1 is 1.13 bits per heavy atom. The molecule has 2 aromatic carbocycles. The standard InChI is InChI=1S/C25H26O5/c1-16(2)7-6-13-25(3)14-12-18-23(29)19(15-22(28)24(18)30-25)21(27)11-10-17-8-4-5-9-20(17)26/h4-5,7-12,14-15,26,28-29H,6,13H2,1-3H3/b11-10+/t25-/m1/s1. The van der Waals surface area contributed by atoms with Gasteiger partial charge < -0.3 is 20.1 Å². The quantitative estimate of drug-likeness (QED) is 0.251. The molecule has 1 aliphatic rings. The molecule has 0 fully saturated rings. The molecule has 0 saturated carbocycles. The molecule has 1 aliphatic heterocycles. The average Bonchev–Trinajstić information content (AvgIpc) is 2.69. The Morgan fingerprint density at radius 2 is 1.87 bits per heavy atom. The third-order valence-electron chi connectivity index (χ3n) is 5.02. The van der Waals surface area contributed by atoms with E-state index in [1.165, 1.54) is 29.9 Å². The average molecular weight is 406 g/mol. The Labute approximate surface area is 176 Å². The largest absolute Gasteiger partial charge is 0.507 e. The van der Waals surface area contributed by atoms with E-state index in [1.807, 2.05) is 26.8 Å². The third kappa shape index (κ3) is 4.57. The van der Waals surface area contributed by atoms with Crippen molar-refractivity contribution in [1.29, 1.82) is 0 Å². The smallest absolute Gasteiger partial charge is 0.189 e. The molecule has 30 heavy (non-hydrogen) atoms. The fourth-order valence-electron chi connectivity index (χ4n) is 3.30. The van der Waals surface area contributed by atoms with Gasteiger partial charge in [-0.25, -0.2) is 0 Å². The van der Waals surface area contributed by atoms with E-state index in [0.29, 0.717) is 12.0 Å². The molecule has 0 spiro atoms. The van der Waals surface area contributed by atoms with Gasteiger partial charge in [0.2, 0.25) is 0 Å². The Morgan fingerprint density at radius 3 is 2.57 bits per heavy atom. The van der Waals surface area contributed by atoms with E-state index >= 15 is 0 Å². The minimum atomic E-state index is -0.626. The van der Waals surface area contributed by atoms with Crippen molar-refractivity contribution < 1.29 is 24.9 Å². The van der Waals surface area contributed by atoms with Crippen LogP contribution in [-0.2, 0) is 0 Å². The summed E-state index contributed by atoms with van der Waals surface area (Å²) in [5.74, 6) is -0.755. The highest BCUT2D eigenvalue weighted by atomic mass is 16.5. The van der Waals surface area contributed by atoms with Gasteiger partial charge >= 0.3 is 0 Å². The fraction of sp³-hybridized carbons (Fsp3) is 0.240. The molecule has 3 N–H and O–H groups in total. The normalized spacial score (nSPS) is 17.4. The van der Waals surface area contributed by atoms with Crippen LogP contribution in [0.4, 0.5) is 0 Å². The third-order valence-corrected chi connectivity index (χ3v) is 5.02. The summed E-state index contributed by atoms with van der Waals surface area (Å²) in [4.78, 5) is 12.6. The number of allylic oxidation sites excluding steroid dienone is 3. The van der Waals surface area contributed by atoms with Crippen LogP contribution in [0.3, 0.4) is 0 Å². The SMILES string of the molecule is CC(C)=CCC[C@]1(C)C=Cc2c(O)c(C(=O)/C=C/c3ccccc3O)cc(O)c2O1. The number of fused-ring (bicyclic) bond motifs is 1. The molecule has 5 nitrogen and oxygen atoms in total. The second-order valence-electron chi connectivity index (χ2n) is 7.86. The zero-order valence-electron chi connectivity index (χ0n) is 17.3. The first-order chi connectivity index (χ1) is 14.2. The first-order valence-corrected chi connectivity index (χ1v) is 9.81. The lowest BCUT2D eigenvalue weighted by Gasteiger charge is -2.32. The van der Waals surface area contributed by atoms with Crippen LogP contribution in [0.25, 0.3) is 12.2 Å². The van der Waals surface area contributed by atoms with E-state index in [1.54, 1.807) is 24.3 Å². The summed E-state index contributed by atoms with van der Waals surface area (Å²) in [6, 6.07) is 7.81. The first-order valence-electron chi connectivity index (χ1n) is 9.81. The number of phenols is 3. The van der Waals surface area contributed by atoms with Gasteiger partial charge in [-0.3, -0.25) is 4.79 Å². The van der Waals surface area contributed by atoms with Gasteiger partial charge in [0.25, 0.3) is 0 Å². The predicted octanol–water partition coefficient (Wildman–Crippen LogP) is 5.61. The minimum absolute atomic E-state index is 0.0423. The summed E-state index contributed by atoms with van der Waals surface area (Å²) < 4.78 is 6.00. The number of hydrogen-bond donors (Lipinski definition) is 3. The molecule has 1 heterocycles. The Hall–Kier alpha value is -3.47. The van der Waals surface area contributed by atoms with Crippen molar-refractivity contribution in [2.45, 2.75) is 39.2 Å². The summed E-state index contributed by atoms with van der Waals surface area (Å²) in [6.07, 6.45) is 9.86. The molecule has 0 aromatic heterocycles. The first kappa shape index (κ1) is 21.2. The van der Waals surface area contributed by atoms with Crippen molar-refractivity contribution in [3.8, 4) is 23.0 Å². The Kier molecular flexibility index (Phi) is 6.01. The molecule has 0 unspecified atom stereocenters. The summed E-state index contributed by atoms with van der Waals surface area (Å²) in [5.41, 5.74) is 1.30. The van der Waals surface area contributed by atoms with E-state index < -0.39 is 11.4 Å². The van der Waals surface area contributed by atoms with Crippen LogP contribution in [0.5, 0.6) is 23.0 Å². The zero-order chi connectivity index (χ0) is 21.9. The highest BCUT2D eigenvalue weighted by Gasteiger charge is 2.31.